The second-order valence-electron chi connectivity index (χ2n) is 3.60. The zero-order valence-corrected chi connectivity index (χ0v) is 11.4. The smallest absolute Gasteiger partial charge is 0.211 e. The molecule has 0 atom stereocenters. The van der Waals surface area contributed by atoms with Gasteiger partial charge < -0.3 is 5.11 Å². The lowest BCUT2D eigenvalue weighted by Crippen LogP contribution is -2.24. The van der Waals surface area contributed by atoms with Gasteiger partial charge in [-0.25, -0.2) is 12.7 Å². The Morgan fingerprint density at radius 2 is 2.24 bits per heavy atom. The van der Waals surface area contributed by atoms with Gasteiger partial charge in [0.15, 0.2) is 0 Å². The van der Waals surface area contributed by atoms with Gasteiger partial charge in [-0.3, -0.25) is 0 Å². The van der Waals surface area contributed by atoms with Gasteiger partial charge in [0.25, 0.3) is 0 Å². The van der Waals surface area contributed by atoms with Crippen molar-refractivity contribution in [2.24, 2.45) is 0 Å². The van der Waals surface area contributed by atoms with Crippen molar-refractivity contribution in [3.63, 3.8) is 0 Å². The van der Waals surface area contributed by atoms with Crippen molar-refractivity contribution in [2.75, 3.05) is 19.9 Å². The monoisotopic (exact) mass is 273 g/mol. The minimum atomic E-state index is -3.14. The molecule has 1 aromatic rings. The Hall–Kier alpha value is -0.870. The minimum absolute atomic E-state index is 0.0564. The number of hydrogen-bond donors (Lipinski definition) is 1. The third-order valence-electron chi connectivity index (χ3n) is 2.07. The van der Waals surface area contributed by atoms with Crippen LogP contribution in [0.3, 0.4) is 0 Å². The fourth-order valence-corrected chi connectivity index (χ4v) is 2.41. The summed E-state index contributed by atoms with van der Waals surface area (Å²) in [6, 6.07) is 1.87. The topological polar surface area (TPSA) is 57.6 Å². The van der Waals surface area contributed by atoms with E-state index in [1.54, 1.807) is 7.05 Å². The van der Waals surface area contributed by atoms with Gasteiger partial charge in [0, 0.05) is 35.8 Å². The van der Waals surface area contributed by atoms with Crippen molar-refractivity contribution in [1.82, 2.24) is 4.31 Å². The summed E-state index contributed by atoms with van der Waals surface area (Å²) in [7, 11) is -1.59. The van der Waals surface area contributed by atoms with Crippen molar-refractivity contribution >= 4 is 21.4 Å². The van der Waals surface area contributed by atoms with E-state index in [9.17, 15) is 8.42 Å². The summed E-state index contributed by atoms with van der Waals surface area (Å²) in [6.45, 7) is 0.423. The number of hydrogen-bond acceptors (Lipinski definition) is 4. The molecule has 6 heteroatoms. The van der Waals surface area contributed by atoms with Crippen LogP contribution in [0.25, 0.3) is 0 Å². The molecule has 1 heterocycles. The van der Waals surface area contributed by atoms with Crippen molar-refractivity contribution in [1.29, 1.82) is 0 Å². The van der Waals surface area contributed by atoms with Gasteiger partial charge in [0.2, 0.25) is 10.0 Å². The summed E-state index contributed by atoms with van der Waals surface area (Å²) < 4.78 is 23.8. The van der Waals surface area contributed by atoms with Gasteiger partial charge in [0.1, 0.15) is 0 Å². The van der Waals surface area contributed by atoms with Crippen LogP contribution in [0.2, 0.25) is 0 Å². The van der Waals surface area contributed by atoms with Crippen molar-refractivity contribution < 1.29 is 13.5 Å². The van der Waals surface area contributed by atoms with Crippen LogP contribution in [-0.4, -0.2) is 37.7 Å². The zero-order valence-electron chi connectivity index (χ0n) is 9.80. The maximum absolute atomic E-state index is 11.2. The minimum Gasteiger partial charge on any atom is -0.395 e. The highest BCUT2D eigenvalue weighted by Crippen LogP contribution is 2.16. The second kappa shape index (κ2) is 6.17. The van der Waals surface area contributed by atoms with Crippen LogP contribution in [0.1, 0.15) is 16.9 Å². The average Bonchev–Trinajstić information content (AvgIpc) is 2.65. The predicted molar refractivity (Wildman–Crippen MR) is 69.2 cm³/mol. The number of thiophene rings is 1. The van der Waals surface area contributed by atoms with Gasteiger partial charge in [0.05, 0.1) is 12.9 Å². The largest absolute Gasteiger partial charge is 0.395 e. The maximum atomic E-state index is 11.2. The summed E-state index contributed by atoms with van der Waals surface area (Å²) in [4.78, 5) is 0.950. The highest BCUT2D eigenvalue weighted by molar-refractivity contribution is 7.88. The number of aliphatic hydroxyl groups excluding tert-OH is 1. The normalized spacial score (nSPS) is 11.3. The molecule has 0 aliphatic carbocycles. The third-order valence-corrected chi connectivity index (χ3v) is 4.25. The SMILES string of the molecule is CN(Cc1cc(C#CCCO)cs1)S(C)(=O)=O. The van der Waals surface area contributed by atoms with Gasteiger partial charge in [-0.15, -0.1) is 11.3 Å². The fourth-order valence-electron chi connectivity index (χ4n) is 1.09. The Morgan fingerprint density at radius 3 is 2.82 bits per heavy atom. The van der Waals surface area contributed by atoms with Gasteiger partial charge in [-0.1, -0.05) is 11.8 Å². The molecule has 0 bridgehead atoms. The molecule has 0 unspecified atom stereocenters. The molecule has 0 aliphatic heterocycles. The molecule has 0 saturated heterocycles. The van der Waals surface area contributed by atoms with E-state index in [0.717, 1.165) is 10.4 Å². The maximum Gasteiger partial charge on any atom is 0.211 e. The van der Waals surface area contributed by atoms with E-state index in [2.05, 4.69) is 11.8 Å². The Labute approximate surface area is 106 Å². The Balaban J connectivity index is 2.67. The average molecular weight is 273 g/mol. The molecule has 0 amide bonds. The van der Waals surface area contributed by atoms with Crippen LogP contribution >= 0.6 is 11.3 Å². The Kier molecular flexibility index (Phi) is 5.15. The van der Waals surface area contributed by atoms with Crippen molar-refractivity contribution in [3.05, 3.63) is 21.9 Å². The van der Waals surface area contributed by atoms with Crippen LogP contribution in [0.5, 0.6) is 0 Å². The van der Waals surface area contributed by atoms with E-state index in [-0.39, 0.29) is 6.61 Å². The molecule has 0 aliphatic rings. The first-order chi connectivity index (χ1) is 7.93. The van der Waals surface area contributed by atoms with Crippen LogP contribution < -0.4 is 0 Å². The van der Waals surface area contributed by atoms with Crippen LogP contribution in [-0.2, 0) is 16.6 Å². The highest BCUT2D eigenvalue weighted by Gasteiger charge is 2.12. The zero-order chi connectivity index (χ0) is 12.9. The quantitative estimate of drug-likeness (QED) is 0.828. The molecule has 0 spiro atoms. The number of rotatable bonds is 4. The molecule has 1 N–H and O–H groups in total. The van der Waals surface area contributed by atoms with Crippen LogP contribution in [0, 0.1) is 11.8 Å². The summed E-state index contributed by atoms with van der Waals surface area (Å²) in [6.07, 6.45) is 1.64. The molecule has 94 valence electrons. The lowest BCUT2D eigenvalue weighted by atomic mass is 10.3. The van der Waals surface area contributed by atoms with E-state index < -0.39 is 10.0 Å². The van der Waals surface area contributed by atoms with E-state index >= 15 is 0 Å². The molecule has 17 heavy (non-hydrogen) atoms. The van der Waals surface area contributed by atoms with E-state index in [1.807, 2.05) is 11.4 Å². The number of sulfonamides is 1. The lowest BCUT2D eigenvalue weighted by molar-refractivity contribution is 0.305. The predicted octanol–water partition coefficient (Wildman–Crippen LogP) is 0.873. The molecule has 0 radical (unpaired) electrons. The molecular formula is C11H15NO3S2. The first kappa shape index (κ1) is 14.2. The van der Waals surface area contributed by atoms with Crippen molar-refractivity contribution in [3.8, 4) is 11.8 Å². The standard InChI is InChI=1S/C11H15NO3S2/c1-12(17(2,14)15)8-11-7-10(9-16-11)5-3-4-6-13/h7,9,13H,4,6,8H2,1-2H3. The summed E-state index contributed by atoms with van der Waals surface area (Å²) in [5.41, 5.74) is 0.861. The first-order valence-electron chi connectivity index (χ1n) is 5.02. The highest BCUT2D eigenvalue weighted by atomic mass is 32.2. The lowest BCUT2D eigenvalue weighted by Gasteiger charge is -2.11. The molecule has 1 aromatic heterocycles. The van der Waals surface area contributed by atoms with E-state index in [1.165, 1.54) is 21.9 Å². The Morgan fingerprint density at radius 1 is 1.53 bits per heavy atom. The molecule has 0 saturated carbocycles. The number of aliphatic hydroxyl groups is 1. The first-order valence-corrected chi connectivity index (χ1v) is 7.74. The molecule has 4 nitrogen and oxygen atoms in total. The van der Waals surface area contributed by atoms with Gasteiger partial charge in [-0.05, 0) is 6.07 Å². The van der Waals surface area contributed by atoms with Crippen LogP contribution in [0.15, 0.2) is 11.4 Å². The molecular weight excluding hydrogens is 258 g/mol. The molecule has 1 rings (SSSR count). The second-order valence-corrected chi connectivity index (χ2v) is 6.68. The van der Waals surface area contributed by atoms with Crippen LogP contribution in [0.4, 0.5) is 0 Å². The van der Waals surface area contributed by atoms with Gasteiger partial charge in [-0.2, -0.15) is 0 Å². The Bertz CT molecular complexity index is 522. The van der Waals surface area contributed by atoms with Gasteiger partial charge >= 0.3 is 0 Å². The fraction of sp³-hybridized carbons (Fsp3) is 0.455. The van der Waals surface area contributed by atoms with E-state index in [0.29, 0.717) is 13.0 Å². The van der Waals surface area contributed by atoms with E-state index in [4.69, 9.17) is 5.11 Å². The van der Waals surface area contributed by atoms with Crippen molar-refractivity contribution in [2.45, 2.75) is 13.0 Å². The third kappa shape index (κ3) is 4.88. The number of nitrogens with zero attached hydrogens (tertiary/aromatic N) is 1. The summed E-state index contributed by atoms with van der Waals surface area (Å²) in [5.74, 6) is 5.73. The molecule has 0 fully saturated rings. The molecule has 0 aromatic carbocycles. The summed E-state index contributed by atoms with van der Waals surface area (Å²) >= 11 is 1.48. The summed E-state index contributed by atoms with van der Waals surface area (Å²) in [5, 5.41) is 10.5.